The highest BCUT2D eigenvalue weighted by Crippen LogP contribution is 2.26. The van der Waals surface area contributed by atoms with Crippen molar-refractivity contribution in [3.63, 3.8) is 0 Å². The Morgan fingerprint density at radius 2 is 1.24 bits per heavy atom. The van der Waals surface area contributed by atoms with Crippen LogP contribution in [0.15, 0.2) is 12.2 Å². The minimum atomic E-state index is -5.05. The van der Waals surface area contributed by atoms with Crippen LogP contribution in [0.2, 0.25) is 0 Å². The standard InChI is InChI=1S/C38H72O12S/c1-3-5-7-9-11-13-14-15-16-17-18-19-21-23-25-27-34(40)48-32(30-46-28-26-24-22-20-12-10-8-6-4-2)31-47-38-36(42)37(50-51(43,44)45)35(41)33(29-39)49-38/h15-16,32-33,35-39,41-42H,3-14,17-31H2,1-2H3,(H,43,44,45)/b16-15-. The zero-order chi connectivity index (χ0) is 37.6. The van der Waals surface area contributed by atoms with Crippen molar-refractivity contribution in [2.24, 2.45) is 0 Å². The first-order valence-electron chi connectivity index (χ1n) is 19.9. The molecule has 1 saturated heterocycles. The number of esters is 1. The van der Waals surface area contributed by atoms with E-state index in [0.717, 1.165) is 57.8 Å². The Kier molecular flexibility index (Phi) is 29.3. The number of carbonyl (C=O) groups is 1. The maximum Gasteiger partial charge on any atom is 0.397 e. The maximum absolute atomic E-state index is 12.8. The molecule has 0 aromatic rings. The normalized spacial score (nSPS) is 21.7. The summed E-state index contributed by atoms with van der Waals surface area (Å²) in [6.45, 7) is 3.95. The van der Waals surface area contributed by atoms with Crippen LogP contribution in [0, 0.1) is 0 Å². The molecular formula is C38H72O12S. The molecule has 0 radical (unpaired) electrons. The van der Waals surface area contributed by atoms with Crippen molar-refractivity contribution < 1.29 is 56.2 Å². The largest absolute Gasteiger partial charge is 0.457 e. The van der Waals surface area contributed by atoms with Crippen molar-refractivity contribution in [3.05, 3.63) is 12.2 Å². The molecule has 0 aromatic heterocycles. The summed E-state index contributed by atoms with van der Waals surface area (Å²) in [7, 11) is -5.05. The molecule has 1 fully saturated rings. The molecule has 6 unspecified atom stereocenters. The second-order valence-electron chi connectivity index (χ2n) is 13.9. The van der Waals surface area contributed by atoms with E-state index in [1.54, 1.807) is 0 Å². The zero-order valence-corrected chi connectivity index (χ0v) is 32.5. The number of aliphatic hydroxyl groups excluding tert-OH is 3. The lowest BCUT2D eigenvalue weighted by Gasteiger charge is -2.41. The van der Waals surface area contributed by atoms with Crippen LogP contribution in [0.4, 0.5) is 0 Å². The SMILES string of the molecule is CCCCCCCC/C=C\CCCCCCCC(=O)OC(COCCCCCCCCCCC)COC1OC(CO)C(O)C(OS(=O)(=O)O)C1O. The Morgan fingerprint density at radius 1 is 0.725 bits per heavy atom. The van der Waals surface area contributed by atoms with Gasteiger partial charge in [-0.2, -0.15) is 8.42 Å². The maximum atomic E-state index is 12.8. The lowest BCUT2D eigenvalue weighted by atomic mass is 9.99. The van der Waals surface area contributed by atoms with E-state index in [1.807, 2.05) is 0 Å². The van der Waals surface area contributed by atoms with E-state index in [9.17, 15) is 28.5 Å². The topological polar surface area (TPSA) is 178 Å². The molecule has 13 heteroatoms. The molecule has 1 aliphatic rings. The van der Waals surface area contributed by atoms with Crippen LogP contribution in [-0.4, -0.2) is 97.5 Å². The average molecular weight is 753 g/mol. The number of unbranched alkanes of at least 4 members (excludes halogenated alkanes) is 19. The first-order chi connectivity index (χ1) is 24.6. The summed E-state index contributed by atoms with van der Waals surface area (Å²) in [5.74, 6) is -0.408. The van der Waals surface area contributed by atoms with E-state index < -0.39 is 59.8 Å². The monoisotopic (exact) mass is 752 g/mol. The number of hydrogen-bond donors (Lipinski definition) is 4. The van der Waals surface area contributed by atoms with Gasteiger partial charge in [-0.25, -0.2) is 4.18 Å². The predicted molar refractivity (Wildman–Crippen MR) is 198 cm³/mol. The van der Waals surface area contributed by atoms with Crippen LogP contribution >= 0.6 is 0 Å². The van der Waals surface area contributed by atoms with Crippen molar-refractivity contribution in [1.82, 2.24) is 0 Å². The first-order valence-corrected chi connectivity index (χ1v) is 21.3. The van der Waals surface area contributed by atoms with Gasteiger partial charge in [0.25, 0.3) is 0 Å². The molecule has 0 aromatic carbocycles. The fourth-order valence-corrected chi connectivity index (χ4v) is 6.59. The molecule has 302 valence electrons. The average Bonchev–Trinajstić information content (AvgIpc) is 3.09. The summed E-state index contributed by atoms with van der Waals surface area (Å²) in [5, 5.41) is 30.5. The van der Waals surface area contributed by atoms with Crippen molar-refractivity contribution in [1.29, 1.82) is 0 Å². The Morgan fingerprint density at radius 3 is 1.76 bits per heavy atom. The smallest absolute Gasteiger partial charge is 0.397 e. The van der Waals surface area contributed by atoms with Crippen LogP contribution in [0.3, 0.4) is 0 Å². The van der Waals surface area contributed by atoms with Gasteiger partial charge >= 0.3 is 16.4 Å². The minimum Gasteiger partial charge on any atom is -0.457 e. The highest BCUT2D eigenvalue weighted by atomic mass is 32.3. The van der Waals surface area contributed by atoms with Crippen LogP contribution in [0.5, 0.6) is 0 Å². The summed E-state index contributed by atoms with van der Waals surface area (Å²) >= 11 is 0. The number of allylic oxidation sites excluding steroid dienone is 2. The quantitative estimate of drug-likeness (QED) is 0.0227. The number of ether oxygens (including phenoxy) is 4. The van der Waals surface area contributed by atoms with Gasteiger partial charge in [0, 0.05) is 13.0 Å². The van der Waals surface area contributed by atoms with E-state index in [1.165, 1.54) is 77.0 Å². The van der Waals surface area contributed by atoms with Gasteiger partial charge in [0.05, 0.1) is 19.8 Å². The predicted octanol–water partition coefficient (Wildman–Crippen LogP) is 7.13. The molecule has 0 aliphatic carbocycles. The molecule has 0 bridgehead atoms. The minimum absolute atomic E-state index is 0.0367. The van der Waals surface area contributed by atoms with Gasteiger partial charge in [0.15, 0.2) is 6.29 Å². The molecule has 4 N–H and O–H groups in total. The lowest BCUT2D eigenvalue weighted by Crippen LogP contribution is -2.60. The molecule has 6 atom stereocenters. The van der Waals surface area contributed by atoms with E-state index in [-0.39, 0.29) is 19.6 Å². The summed E-state index contributed by atoms with van der Waals surface area (Å²) < 4.78 is 58.7. The molecule has 1 aliphatic heterocycles. The van der Waals surface area contributed by atoms with Crippen LogP contribution < -0.4 is 0 Å². The number of aliphatic hydroxyl groups is 3. The van der Waals surface area contributed by atoms with Gasteiger partial charge in [0.2, 0.25) is 0 Å². The van der Waals surface area contributed by atoms with E-state index >= 15 is 0 Å². The number of hydrogen-bond acceptors (Lipinski definition) is 11. The van der Waals surface area contributed by atoms with E-state index in [0.29, 0.717) is 13.0 Å². The summed E-state index contributed by atoms with van der Waals surface area (Å²) in [6.07, 6.45) is 21.1. The van der Waals surface area contributed by atoms with E-state index in [4.69, 9.17) is 23.5 Å². The summed E-state index contributed by atoms with van der Waals surface area (Å²) in [6, 6.07) is 0. The number of rotatable bonds is 34. The zero-order valence-electron chi connectivity index (χ0n) is 31.7. The molecule has 0 amide bonds. The molecule has 1 heterocycles. The Hall–Kier alpha value is -1.16. The molecule has 51 heavy (non-hydrogen) atoms. The molecule has 0 spiro atoms. The highest BCUT2D eigenvalue weighted by Gasteiger charge is 2.48. The number of carbonyl (C=O) groups excluding carboxylic acids is 1. The van der Waals surface area contributed by atoms with Gasteiger partial charge in [-0.3, -0.25) is 9.35 Å². The van der Waals surface area contributed by atoms with Crippen molar-refractivity contribution in [3.8, 4) is 0 Å². The Balaban J connectivity index is 2.48. The van der Waals surface area contributed by atoms with Gasteiger partial charge in [-0.15, -0.1) is 0 Å². The lowest BCUT2D eigenvalue weighted by molar-refractivity contribution is -0.301. The highest BCUT2D eigenvalue weighted by molar-refractivity contribution is 7.80. The first kappa shape index (κ1) is 47.9. The third-order valence-corrected chi connectivity index (χ3v) is 9.60. The molecule has 1 rings (SSSR count). The van der Waals surface area contributed by atoms with Gasteiger partial charge in [-0.1, -0.05) is 129 Å². The molecule has 0 saturated carbocycles. The Bertz CT molecular complexity index is 963. The van der Waals surface area contributed by atoms with Crippen molar-refractivity contribution in [2.75, 3.05) is 26.4 Å². The van der Waals surface area contributed by atoms with Crippen LogP contribution in [0.25, 0.3) is 0 Å². The second-order valence-corrected chi connectivity index (χ2v) is 14.9. The van der Waals surface area contributed by atoms with Crippen molar-refractivity contribution >= 4 is 16.4 Å². The third-order valence-electron chi connectivity index (χ3n) is 9.14. The van der Waals surface area contributed by atoms with Crippen molar-refractivity contribution in [2.45, 2.75) is 198 Å². The fourth-order valence-electron chi connectivity index (χ4n) is 6.08. The fraction of sp³-hybridized carbons (Fsp3) is 0.921. The molecular weight excluding hydrogens is 680 g/mol. The van der Waals surface area contributed by atoms with Gasteiger partial charge in [-0.05, 0) is 38.5 Å². The summed E-state index contributed by atoms with van der Waals surface area (Å²) in [4.78, 5) is 12.8. The summed E-state index contributed by atoms with van der Waals surface area (Å²) in [5.41, 5.74) is 0. The van der Waals surface area contributed by atoms with Gasteiger partial charge < -0.3 is 34.3 Å². The van der Waals surface area contributed by atoms with Crippen LogP contribution in [0.1, 0.15) is 162 Å². The Labute approximate surface area is 308 Å². The molecule has 12 nitrogen and oxygen atoms in total. The van der Waals surface area contributed by atoms with E-state index in [2.05, 4.69) is 30.2 Å². The second kappa shape index (κ2) is 31.2. The van der Waals surface area contributed by atoms with Crippen LogP contribution in [-0.2, 0) is 38.3 Å². The van der Waals surface area contributed by atoms with Gasteiger partial charge in [0.1, 0.15) is 30.5 Å². The third kappa shape index (κ3) is 25.5.